The van der Waals surface area contributed by atoms with Crippen LogP contribution in [0.5, 0.6) is 0 Å². The molecule has 0 radical (unpaired) electrons. The van der Waals surface area contributed by atoms with Crippen LogP contribution in [0.25, 0.3) is 21.3 Å². The monoisotopic (exact) mass is 539 g/mol. The van der Waals surface area contributed by atoms with E-state index in [-0.39, 0.29) is 11.9 Å². The van der Waals surface area contributed by atoms with E-state index >= 15 is 0 Å². The van der Waals surface area contributed by atoms with E-state index in [1.807, 2.05) is 33.8 Å². The third kappa shape index (κ3) is 5.40. The van der Waals surface area contributed by atoms with Gasteiger partial charge in [-0.1, -0.05) is 11.3 Å². The van der Waals surface area contributed by atoms with Gasteiger partial charge in [-0.3, -0.25) is 14.5 Å². The molecule has 0 bridgehead atoms. The van der Waals surface area contributed by atoms with Crippen LogP contribution in [0.4, 0.5) is 15.9 Å². The first-order valence-electron chi connectivity index (χ1n) is 12.7. The number of aromatic nitrogens is 3. The van der Waals surface area contributed by atoms with E-state index in [4.69, 9.17) is 10.5 Å². The van der Waals surface area contributed by atoms with E-state index in [0.29, 0.717) is 72.5 Å². The van der Waals surface area contributed by atoms with Crippen LogP contribution in [0.3, 0.4) is 0 Å². The molecular formula is C26H33N7O4S. The van der Waals surface area contributed by atoms with Gasteiger partial charge in [0.1, 0.15) is 0 Å². The largest absolute Gasteiger partial charge is 0.466 e. The van der Waals surface area contributed by atoms with E-state index in [9.17, 15) is 14.4 Å². The first-order chi connectivity index (χ1) is 18.2. The van der Waals surface area contributed by atoms with Crippen LogP contribution in [0, 0.1) is 5.41 Å². The number of nitrogens with zero attached hydrogens (tertiary/aromatic N) is 5. The van der Waals surface area contributed by atoms with Crippen LogP contribution in [0.1, 0.15) is 50.9 Å². The number of carbonyl (C=O) groups is 3. The van der Waals surface area contributed by atoms with Crippen LogP contribution >= 0.6 is 11.3 Å². The zero-order chi connectivity index (χ0) is 27.4. The van der Waals surface area contributed by atoms with Crippen molar-refractivity contribution in [3.8, 4) is 11.1 Å². The fourth-order valence-electron chi connectivity index (χ4n) is 4.46. The summed E-state index contributed by atoms with van der Waals surface area (Å²) in [6, 6.07) is 3.05. The number of fused-ring (bicyclic) bond motifs is 1. The third-order valence-electron chi connectivity index (χ3n) is 6.76. The second-order valence-corrected chi connectivity index (χ2v) is 10.3. The molecule has 0 atom stereocenters. The van der Waals surface area contributed by atoms with Crippen molar-refractivity contribution in [1.82, 2.24) is 20.3 Å². The molecule has 3 amide bonds. The van der Waals surface area contributed by atoms with Crippen LogP contribution in [-0.4, -0.2) is 65.6 Å². The Morgan fingerprint density at radius 3 is 2.39 bits per heavy atom. The van der Waals surface area contributed by atoms with Crippen LogP contribution in [-0.2, 0) is 9.53 Å². The Hall–Kier alpha value is -3.80. The summed E-state index contributed by atoms with van der Waals surface area (Å²) in [6.07, 6.45) is 4.77. The Labute approximate surface area is 225 Å². The second-order valence-electron chi connectivity index (χ2n) is 9.35. The standard InChI is InChI=1S/C26H33N7O4S/c1-5-28-21(34)18-12-16(13-19-20(18)38-25(31-19)33(6-2)23(27)36)17-14-29-24(30-15-17)32-10-8-26(4,9-11-32)22(35)37-7-3/h12-15H,5-11H2,1-4H3,(H2,27,36)(H,28,34). The van der Waals surface area contributed by atoms with E-state index in [1.54, 1.807) is 18.5 Å². The van der Waals surface area contributed by atoms with E-state index in [0.717, 1.165) is 11.1 Å². The van der Waals surface area contributed by atoms with Crippen molar-refractivity contribution in [2.75, 3.05) is 42.6 Å². The Morgan fingerprint density at radius 1 is 1.13 bits per heavy atom. The molecule has 1 saturated heterocycles. The average molecular weight is 540 g/mol. The zero-order valence-corrected chi connectivity index (χ0v) is 22.9. The number of hydrogen-bond donors (Lipinski definition) is 2. The number of nitrogens with two attached hydrogens (primary N) is 1. The van der Waals surface area contributed by atoms with E-state index in [1.165, 1.54) is 16.2 Å². The van der Waals surface area contributed by atoms with Crippen LogP contribution < -0.4 is 20.9 Å². The van der Waals surface area contributed by atoms with Crippen molar-refractivity contribution in [3.63, 3.8) is 0 Å². The number of ether oxygens (including phenoxy) is 1. The highest BCUT2D eigenvalue weighted by Crippen LogP contribution is 2.36. The first-order valence-corrected chi connectivity index (χ1v) is 13.6. The maximum atomic E-state index is 12.9. The SMILES string of the molecule is CCNC(=O)c1cc(-c2cnc(N3CCC(C)(C(=O)OCC)CC3)nc2)cc2nc(N(CC)C(N)=O)sc12. The summed E-state index contributed by atoms with van der Waals surface area (Å²) in [7, 11) is 0. The van der Waals surface area contributed by atoms with Gasteiger partial charge in [-0.2, -0.15) is 0 Å². The molecule has 202 valence electrons. The number of esters is 1. The Balaban J connectivity index is 1.62. The molecule has 1 fully saturated rings. The molecule has 0 saturated carbocycles. The molecule has 3 aromatic rings. The quantitative estimate of drug-likeness (QED) is 0.414. The Bertz CT molecular complexity index is 1330. The maximum Gasteiger partial charge on any atom is 0.321 e. The zero-order valence-electron chi connectivity index (χ0n) is 22.1. The van der Waals surface area contributed by atoms with Gasteiger partial charge in [0.15, 0.2) is 5.13 Å². The summed E-state index contributed by atoms with van der Waals surface area (Å²) >= 11 is 1.25. The number of benzene rings is 1. The molecule has 1 aromatic carbocycles. The smallest absolute Gasteiger partial charge is 0.321 e. The van der Waals surface area contributed by atoms with Crippen molar-refractivity contribution in [2.45, 2.75) is 40.5 Å². The van der Waals surface area contributed by atoms with Crippen LogP contribution in [0.2, 0.25) is 0 Å². The Morgan fingerprint density at radius 2 is 1.82 bits per heavy atom. The number of thiazole rings is 1. The van der Waals surface area contributed by atoms with Crippen molar-refractivity contribution in [1.29, 1.82) is 0 Å². The lowest BCUT2D eigenvalue weighted by Gasteiger charge is -2.37. The molecule has 38 heavy (non-hydrogen) atoms. The van der Waals surface area contributed by atoms with Gasteiger partial charge in [0.25, 0.3) is 5.91 Å². The molecule has 1 aliphatic rings. The van der Waals surface area contributed by atoms with E-state index in [2.05, 4.69) is 25.2 Å². The highest BCUT2D eigenvalue weighted by Gasteiger charge is 2.38. The second kappa shape index (κ2) is 11.3. The number of anilines is 2. The Kier molecular flexibility index (Phi) is 8.10. The summed E-state index contributed by atoms with van der Waals surface area (Å²) < 4.78 is 5.92. The topological polar surface area (TPSA) is 144 Å². The average Bonchev–Trinajstić information content (AvgIpc) is 3.32. The molecule has 4 rings (SSSR count). The summed E-state index contributed by atoms with van der Waals surface area (Å²) in [6.45, 7) is 9.94. The van der Waals surface area contributed by atoms with Crippen molar-refractivity contribution in [3.05, 3.63) is 30.1 Å². The van der Waals surface area contributed by atoms with Crippen molar-refractivity contribution < 1.29 is 19.1 Å². The maximum absolute atomic E-state index is 12.9. The minimum atomic E-state index is -0.601. The van der Waals surface area contributed by atoms with Gasteiger partial charge in [0.2, 0.25) is 5.95 Å². The summed E-state index contributed by atoms with van der Waals surface area (Å²) in [4.78, 5) is 54.3. The number of nitrogens with one attached hydrogen (secondary N) is 1. The van der Waals surface area contributed by atoms with Gasteiger partial charge in [-0.15, -0.1) is 0 Å². The van der Waals surface area contributed by atoms with Crippen molar-refractivity contribution >= 4 is 50.5 Å². The van der Waals surface area contributed by atoms with Gasteiger partial charge in [0.05, 0.1) is 27.8 Å². The minimum Gasteiger partial charge on any atom is -0.466 e. The normalized spacial score (nSPS) is 14.8. The molecule has 3 N–H and O–H groups in total. The number of primary amides is 1. The lowest BCUT2D eigenvalue weighted by Crippen LogP contribution is -2.44. The van der Waals surface area contributed by atoms with Gasteiger partial charge < -0.3 is 20.7 Å². The highest BCUT2D eigenvalue weighted by molar-refractivity contribution is 7.22. The summed E-state index contributed by atoms with van der Waals surface area (Å²) in [5.74, 6) is 0.199. The molecule has 0 aliphatic carbocycles. The predicted octanol–water partition coefficient (Wildman–Crippen LogP) is 3.58. The van der Waals surface area contributed by atoms with Gasteiger partial charge in [0, 0.05) is 44.1 Å². The number of rotatable bonds is 8. The molecule has 11 nitrogen and oxygen atoms in total. The number of piperidine rings is 1. The molecular weight excluding hydrogens is 506 g/mol. The molecule has 3 heterocycles. The fourth-order valence-corrected chi connectivity index (χ4v) is 5.58. The minimum absolute atomic E-state index is 0.155. The molecule has 1 aliphatic heterocycles. The number of urea groups is 1. The lowest BCUT2D eigenvalue weighted by molar-refractivity contribution is -0.155. The fraction of sp³-hybridized carbons (Fsp3) is 0.462. The number of amides is 3. The molecule has 0 unspecified atom stereocenters. The van der Waals surface area contributed by atoms with Gasteiger partial charge in [-0.05, 0) is 58.2 Å². The summed E-state index contributed by atoms with van der Waals surface area (Å²) in [5.41, 5.74) is 7.53. The highest BCUT2D eigenvalue weighted by atomic mass is 32.1. The first kappa shape index (κ1) is 27.2. The van der Waals surface area contributed by atoms with Crippen molar-refractivity contribution in [2.24, 2.45) is 11.1 Å². The molecule has 12 heteroatoms. The third-order valence-corrected chi connectivity index (χ3v) is 7.89. The van der Waals surface area contributed by atoms with Gasteiger partial charge >= 0.3 is 12.0 Å². The number of carbonyl (C=O) groups excluding carboxylic acids is 3. The van der Waals surface area contributed by atoms with Gasteiger partial charge in [-0.25, -0.2) is 19.7 Å². The van der Waals surface area contributed by atoms with Crippen LogP contribution in [0.15, 0.2) is 24.5 Å². The number of hydrogen-bond acceptors (Lipinski definition) is 9. The molecule has 0 spiro atoms. The van der Waals surface area contributed by atoms with E-state index < -0.39 is 11.4 Å². The summed E-state index contributed by atoms with van der Waals surface area (Å²) in [5, 5.41) is 3.28. The lowest BCUT2D eigenvalue weighted by atomic mass is 9.80. The predicted molar refractivity (Wildman–Crippen MR) is 147 cm³/mol. The molecule has 2 aromatic heterocycles.